The van der Waals surface area contributed by atoms with Gasteiger partial charge in [0.1, 0.15) is 5.82 Å². The molecular weight excluding hydrogens is 377 g/mol. The van der Waals surface area contributed by atoms with E-state index in [-0.39, 0.29) is 24.8 Å². The lowest BCUT2D eigenvalue weighted by Crippen LogP contribution is -2.39. The third-order valence-electron chi connectivity index (χ3n) is 4.46. The van der Waals surface area contributed by atoms with Crippen LogP contribution in [0.1, 0.15) is 24.8 Å². The maximum atomic E-state index is 12.6. The number of carbonyl (C=O) groups is 2. The molecular formula is C18H25F3N4O3. The minimum absolute atomic E-state index is 0.119. The molecule has 28 heavy (non-hydrogen) atoms. The Hall–Kier alpha value is -2.36. The highest BCUT2D eigenvalue weighted by Gasteiger charge is 2.31. The third kappa shape index (κ3) is 6.99. The summed E-state index contributed by atoms with van der Waals surface area (Å²) in [6.07, 6.45) is -2.00. The molecule has 0 aromatic carbocycles. The number of alkyl halides is 3. The molecule has 2 heterocycles. The Balaban J connectivity index is 1.76. The normalized spacial score (nSPS) is 15.8. The van der Waals surface area contributed by atoms with Crippen LogP contribution in [0.3, 0.4) is 0 Å². The highest BCUT2D eigenvalue weighted by atomic mass is 19.4. The fourth-order valence-electron chi connectivity index (χ4n) is 2.92. The van der Waals surface area contributed by atoms with E-state index in [0.717, 1.165) is 18.7 Å². The van der Waals surface area contributed by atoms with Crippen molar-refractivity contribution >= 4 is 17.7 Å². The predicted molar refractivity (Wildman–Crippen MR) is 96.8 cm³/mol. The van der Waals surface area contributed by atoms with Crippen molar-refractivity contribution in [3.63, 3.8) is 0 Å². The molecule has 1 N–H and O–H groups in total. The fourth-order valence-corrected chi connectivity index (χ4v) is 2.92. The Morgan fingerprint density at radius 1 is 1.21 bits per heavy atom. The van der Waals surface area contributed by atoms with Crippen molar-refractivity contribution in [2.24, 2.45) is 0 Å². The summed E-state index contributed by atoms with van der Waals surface area (Å²) in [6.45, 7) is 3.21. The number of nitrogens with one attached hydrogen (secondary N) is 1. The van der Waals surface area contributed by atoms with E-state index in [2.05, 4.69) is 15.0 Å². The maximum Gasteiger partial charge on any atom is 0.417 e. The molecule has 10 heteroatoms. The highest BCUT2D eigenvalue weighted by Crippen LogP contribution is 2.29. The Morgan fingerprint density at radius 3 is 2.64 bits per heavy atom. The Bertz CT molecular complexity index is 652. The molecule has 0 atom stereocenters. The summed E-state index contributed by atoms with van der Waals surface area (Å²) < 4.78 is 42.5. The average Bonchev–Trinajstić information content (AvgIpc) is 2.90. The second-order valence-electron chi connectivity index (χ2n) is 6.55. The van der Waals surface area contributed by atoms with Crippen LogP contribution in [-0.2, 0) is 20.5 Å². The molecule has 0 radical (unpaired) electrons. The Labute approximate surface area is 161 Å². The van der Waals surface area contributed by atoms with Crippen molar-refractivity contribution < 1.29 is 27.5 Å². The first-order valence-corrected chi connectivity index (χ1v) is 9.13. The SMILES string of the molecule is COC(=O)CCCNC(=O)CN1CCCN(c2ccc(C(F)(F)F)cn2)CC1. The van der Waals surface area contributed by atoms with Gasteiger partial charge in [0, 0.05) is 45.3 Å². The second kappa shape index (κ2) is 10.3. The first kappa shape index (κ1) is 21.9. The van der Waals surface area contributed by atoms with E-state index in [0.29, 0.717) is 45.0 Å². The molecule has 2 rings (SSSR count). The quantitative estimate of drug-likeness (QED) is 0.553. The van der Waals surface area contributed by atoms with Gasteiger partial charge in [-0.15, -0.1) is 0 Å². The molecule has 7 nitrogen and oxygen atoms in total. The van der Waals surface area contributed by atoms with Gasteiger partial charge in [-0.25, -0.2) is 4.98 Å². The fraction of sp³-hybridized carbons (Fsp3) is 0.611. The molecule has 0 bridgehead atoms. The maximum absolute atomic E-state index is 12.6. The third-order valence-corrected chi connectivity index (χ3v) is 4.46. The van der Waals surface area contributed by atoms with E-state index < -0.39 is 11.7 Å². The molecule has 0 unspecified atom stereocenters. The molecule has 1 aromatic rings. The van der Waals surface area contributed by atoms with E-state index in [1.54, 1.807) is 0 Å². The number of rotatable bonds is 7. The lowest BCUT2D eigenvalue weighted by molar-refractivity contribution is -0.141. The molecule has 1 saturated heterocycles. The van der Waals surface area contributed by atoms with Gasteiger partial charge < -0.3 is 15.0 Å². The number of nitrogens with zero attached hydrogens (tertiary/aromatic N) is 3. The van der Waals surface area contributed by atoms with Gasteiger partial charge in [0.2, 0.25) is 5.91 Å². The van der Waals surface area contributed by atoms with Crippen LogP contribution in [0.4, 0.5) is 19.0 Å². The molecule has 156 valence electrons. The summed E-state index contributed by atoms with van der Waals surface area (Å²) in [5, 5.41) is 2.77. The zero-order valence-electron chi connectivity index (χ0n) is 15.8. The smallest absolute Gasteiger partial charge is 0.417 e. The van der Waals surface area contributed by atoms with Gasteiger partial charge in [0.25, 0.3) is 0 Å². The number of esters is 1. The predicted octanol–water partition coefficient (Wildman–Crippen LogP) is 1.68. The standard InChI is InChI=1S/C18H25F3N4O3/c1-28-17(27)4-2-7-22-16(26)13-24-8-3-9-25(11-10-24)15-6-5-14(12-23-15)18(19,20)21/h5-6,12H,2-4,7-11,13H2,1H3,(H,22,26). The summed E-state index contributed by atoms with van der Waals surface area (Å²) in [5.41, 5.74) is -0.767. The zero-order valence-corrected chi connectivity index (χ0v) is 15.8. The molecule has 0 spiro atoms. The van der Waals surface area contributed by atoms with Gasteiger partial charge >= 0.3 is 12.1 Å². The van der Waals surface area contributed by atoms with E-state index in [1.807, 2.05) is 9.80 Å². The van der Waals surface area contributed by atoms with Crippen LogP contribution in [0.2, 0.25) is 0 Å². The molecule has 0 aliphatic carbocycles. The lowest BCUT2D eigenvalue weighted by atomic mass is 10.2. The lowest BCUT2D eigenvalue weighted by Gasteiger charge is -2.22. The van der Waals surface area contributed by atoms with Crippen molar-refractivity contribution in [2.45, 2.75) is 25.4 Å². The topological polar surface area (TPSA) is 74.8 Å². The monoisotopic (exact) mass is 402 g/mol. The number of hydrogen-bond acceptors (Lipinski definition) is 6. The van der Waals surface area contributed by atoms with E-state index in [9.17, 15) is 22.8 Å². The molecule has 1 fully saturated rings. The van der Waals surface area contributed by atoms with Crippen LogP contribution < -0.4 is 10.2 Å². The van der Waals surface area contributed by atoms with Gasteiger partial charge in [-0.05, 0) is 25.0 Å². The van der Waals surface area contributed by atoms with Gasteiger partial charge in [-0.1, -0.05) is 0 Å². The number of ether oxygens (including phenoxy) is 1. The van der Waals surface area contributed by atoms with Gasteiger partial charge in [-0.3, -0.25) is 14.5 Å². The number of methoxy groups -OCH3 is 1. The van der Waals surface area contributed by atoms with Crippen molar-refractivity contribution in [3.05, 3.63) is 23.9 Å². The van der Waals surface area contributed by atoms with E-state index in [4.69, 9.17) is 0 Å². The van der Waals surface area contributed by atoms with Crippen LogP contribution in [0.25, 0.3) is 0 Å². The number of amides is 1. The summed E-state index contributed by atoms with van der Waals surface area (Å²) in [7, 11) is 1.32. The Kier molecular flexibility index (Phi) is 8.04. The van der Waals surface area contributed by atoms with Crippen molar-refractivity contribution in [2.75, 3.05) is 51.3 Å². The van der Waals surface area contributed by atoms with Gasteiger partial charge in [0.05, 0.1) is 19.2 Å². The number of hydrogen-bond donors (Lipinski definition) is 1. The Morgan fingerprint density at radius 2 is 2.00 bits per heavy atom. The summed E-state index contributed by atoms with van der Waals surface area (Å²) in [6, 6.07) is 2.42. The van der Waals surface area contributed by atoms with Crippen LogP contribution in [0, 0.1) is 0 Å². The first-order chi connectivity index (χ1) is 13.3. The first-order valence-electron chi connectivity index (χ1n) is 9.13. The number of carbonyl (C=O) groups excluding carboxylic acids is 2. The van der Waals surface area contributed by atoms with Crippen molar-refractivity contribution in [1.82, 2.24) is 15.2 Å². The molecule has 1 aromatic heterocycles. The second-order valence-corrected chi connectivity index (χ2v) is 6.55. The van der Waals surface area contributed by atoms with Crippen LogP contribution >= 0.6 is 0 Å². The van der Waals surface area contributed by atoms with Gasteiger partial charge in [0.15, 0.2) is 0 Å². The number of aromatic nitrogens is 1. The van der Waals surface area contributed by atoms with Gasteiger partial charge in [-0.2, -0.15) is 13.2 Å². The minimum atomic E-state index is -4.40. The minimum Gasteiger partial charge on any atom is -0.469 e. The number of halogens is 3. The summed E-state index contributed by atoms with van der Waals surface area (Å²) >= 11 is 0. The summed E-state index contributed by atoms with van der Waals surface area (Å²) in [5.74, 6) is 0.0758. The van der Waals surface area contributed by atoms with Crippen LogP contribution in [-0.4, -0.2) is 68.1 Å². The highest BCUT2D eigenvalue weighted by molar-refractivity contribution is 5.78. The van der Waals surface area contributed by atoms with E-state index >= 15 is 0 Å². The zero-order chi connectivity index (χ0) is 20.6. The molecule has 1 amide bonds. The summed E-state index contributed by atoms with van der Waals surface area (Å²) in [4.78, 5) is 30.9. The molecule has 1 aliphatic rings. The average molecular weight is 402 g/mol. The molecule has 0 saturated carbocycles. The van der Waals surface area contributed by atoms with Crippen molar-refractivity contribution in [1.29, 1.82) is 0 Å². The number of anilines is 1. The van der Waals surface area contributed by atoms with Crippen LogP contribution in [0.15, 0.2) is 18.3 Å². The number of pyridine rings is 1. The van der Waals surface area contributed by atoms with Crippen molar-refractivity contribution in [3.8, 4) is 0 Å². The molecule has 1 aliphatic heterocycles. The van der Waals surface area contributed by atoms with E-state index in [1.165, 1.54) is 13.2 Å². The largest absolute Gasteiger partial charge is 0.469 e. The van der Waals surface area contributed by atoms with Crippen LogP contribution in [0.5, 0.6) is 0 Å².